The van der Waals surface area contributed by atoms with E-state index in [4.69, 9.17) is 18.5 Å². The molecule has 0 aromatic heterocycles. The summed E-state index contributed by atoms with van der Waals surface area (Å²) in [7, 11) is 1.50. The van der Waals surface area contributed by atoms with Crippen LogP contribution in [0.15, 0.2) is 0 Å². The first-order valence-electron chi connectivity index (χ1n) is 32.3. The second-order valence-electron chi connectivity index (χ2n) is 23.5. The summed E-state index contributed by atoms with van der Waals surface area (Å²) in [5.41, 5.74) is 0. The van der Waals surface area contributed by atoms with Crippen LogP contribution in [0.1, 0.15) is 341 Å². The van der Waals surface area contributed by atoms with E-state index in [-0.39, 0.29) is 25.6 Å². The standard InChI is InChI=1S/C63H126NO8P/c1-6-8-10-12-14-16-18-19-20-21-22-23-24-25-26-27-28-29-30-31-32-33-34-35-36-37-38-39-40-41-42-43-44-46-48-50-52-54-56-63(66)72-61(60-71-73(67,68)70-58-57-64(3,4)5)59-69-62(65)55-53-51-49-47-45-17-15-13-11-9-7-2/h61H,6-60H2,1-5H3/p+1. The zero-order chi connectivity index (χ0) is 53.5. The molecule has 0 saturated carbocycles. The second kappa shape index (κ2) is 55.8. The van der Waals surface area contributed by atoms with E-state index in [1.54, 1.807) is 0 Å². The van der Waals surface area contributed by atoms with Crippen molar-refractivity contribution in [3.05, 3.63) is 0 Å². The number of esters is 2. The molecule has 436 valence electrons. The lowest BCUT2D eigenvalue weighted by atomic mass is 10.0. The van der Waals surface area contributed by atoms with Crippen molar-refractivity contribution in [2.24, 2.45) is 0 Å². The van der Waals surface area contributed by atoms with Crippen molar-refractivity contribution in [2.75, 3.05) is 47.5 Å². The van der Waals surface area contributed by atoms with E-state index in [2.05, 4.69) is 13.8 Å². The number of ether oxygens (including phenoxy) is 2. The van der Waals surface area contributed by atoms with Crippen molar-refractivity contribution < 1.29 is 42.1 Å². The molecule has 0 aliphatic heterocycles. The topological polar surface area (TPSA) is 108 Å². The summed E-state index contributed by atoms with van der Waals surface area (Å²) in [6, 6.07) is 0. The van der Waals surface area contributed by atoms with Crippen LogP contribution in [-0.4, -0.2) is 74.9 Å². The Balaban J connectivity index is 3.80. The van der Waals surface area contributed by atoms with E-state index >= 15 is 0 Å². The second-order valence-corrected chi connectivity index (χ2v) is 25.0. The number of quaternary nitrogens is 1. The highest BCUT2D eigenvalue weighted by Crippen LogP contribution is 2.43. The van der Waals surface area contributed by atoms with Gasteiger partial charge in [0.25, 0.3) is 0 Å². The van der Waals surface area contributed by atoms with Crippen LogP contribution in [0.5, 0.6) is 0 Å². The van der Waals surface area contributed by atoms with Gasteiger partial charge < -0.3 is 18.9 Å². The van der Waals surface area contributed by atoms with Gasteiger partial charge in [0.15, 0.2) is 6.10 Å². The molecule has 10 heteroatoms. The molecule has 0 fully saturated rings. The molecular weight excluding hydrogens is 930 g/mol. The van der Waals surface area contributed by atoms with Crippen LogP contribution in [0.2, 0.25) is 0 Å². The van der Waals surface area contributed by atoms with Gasteiger partial charge in [-0.3, -0.25) is 18.6 Å². The Kier molecular flexibility index (Phi) is 55.0. The van der Waals surface area contributed by atoms with E-state index in [1.165, 1.54) is 276 Å². The van der Waals surface area contributed by atoms with Crippen molar-refractivity contribution in [1.82, 2.24) is 0 Å². The molecule has 0 aliphatic carbocycles. The van der Waals surface area contributed by atoms with Gasteiger partial charge in [-0.15, -0.1) is 0 Å². The van der Waals surface area contributed by atoms with E-state index < -0.39 is 26.5 Å². The molecule has 9 nitrogen and oxygen atoms in total. The number of carbonyl (C=O) groups excluding carboxylic acids is 2. The number of hydrogen-bond acceptors (Lipinski definition) is 7. The summed E-state index contributed by atoms with van der Waals surface area (Å²) >= 11 is 0. The third-order valence-electron chi connectivity index (χ3n) is 14.9. The zero-order valence-electron chi connectivity index (χ0n) is 49.7. The Labute approximate surface area is 454 Å². The maximum atomic E-state index is 12.8. The number of nitrogens with zero attached hydrogens (tertiary/aromatic N) is 1. The number of unbranched alkanes of at least 4 members (excludes halogenated alkanes) is 47. The maximum Gasteiger partial charge on any atom is 0.472 e. The molecule has 0 saturated heterocycles. The van der Waals surface area contributed by atoms with Crippen LogP contribution in [0.3, 0.4) is 0 Å². The molecule has 0 bridgehead atoms. The van der Waals surface area contributed by atoms with Gasteiger partial charge in [0, 0.05) is 12.8 Å². The van der Waals surface area contributed by atoms with E-state index in [9.17, 15) is 19.0 Å². The lowest BCUT2D eigenvalue weighted by Gasteiger charge is -2.24. The first kappa shape index (κ1) is 72.0. The first-order chi connectivity index (χ1) is 35.5. The fourth-order valence-electron chi connectivity index (χ4n) is 9.90. The first-order valence-corrected chi connectivity index (χ1v) is 33.8. The normalized spacial score (nSPS) is 13.1. The summed E-state index contributed by atoms with van der Waals surface area (Å²) in [4.78, 5) is 35.6. The number of likely N-dealkylation sites (N-methyl/N-ethyl adjacent to an activating group) is 1. The summed E-state index contributed by atoms with van der Waals surface area (Å²) in [5.74, 6) is -0.777. The number of carbonyl (C=O) groups is 2. The molecule has 0 aromatic carbocycles. The highest BCUT2D eigenvalue weighted by molar-refractivity contribution is 7.47. The van der Waals surface area contributed by atoms with E-state index in [0.29, 0.717) is 17.4 Å². The molecule has 1 N–H and O–H groups in total. The number of phosphoric ester groups is 1. The van der Waals surface area contributed by atoms with Crippen molar-refractivity contribution in [3.8, 4) is 0 Å². The average molecular weight is 1060 g/mol. The van der Waals surface area contributed by atoms with Crippen molar-refractivity contribution in [2.45, 2.75) is 347 Å². The molecule has 0 heterocycles. The van der Waals surface area contributed by atoms with Gasteiger partial charge in [-0.05, 0) is 12.8 Å². The molecular formula is C63H127NO8P+. The maximum absolute atomic E-state index is 12.8. The molecule has 0 aromatic rings. The third kappa shape index (κ3) is 60.1. The van der Waals surface area contributed by atoms with Crippen molar-refractivity contribution in [1.29, 1.82) is 0 Å². The number of rotatable bonds is 61. The van der Waals surface area contributed by atoms with Crippen LogP contribution in [0, 0.1) is 0 Å². The fourth-order valence-corrected chi connectivity index (χ4v) is 10.6. The molecule has 0 radical (unpaired) electrons. The molecule has 73 heavy (non-hydrogen) atoms. The van der Waals surface area contributed by atoms with Crippen LogP contribution in [-0.2, 0) is 32.7 Å². The van der Waals surface area contributed by atoms with Gasteiger partial charge in [0.2, 0.25) is 0 Å². The van der Waals surface area contributed by atoms with Crippen LogP contribution < -0.4 is 0 Å². The van der Waals surface area contributed by atoms with E-state index in [0.717, 1.165) is 38.5 Å². The highest BCUT2D eigenvalue weighted by atomic mass is 31.2. The third-order valence-corrected chi connectivity index (χ3v) is 15.9. The number of hydrogen-bond donors (Lipinski definition) is 1. The minimum atomic E-state index is -4.37. The largest absolute Gasteiger partial charge is 0.472 e. The lowest BCUT2D eigenvalue weighted by molar-refractivity contribution is -0.870. The SMILES string of the molecule is CCCCCCCCCCCCCCCCCCCCCCCCCCCCCCCCCCCCCCCCC(=O)OC(COC(=O)CCCCCCCCCCCCC)COP(=O)(O)OCC[N+](C)(C)C. The average Bonchev–Trinajstić information content (AvgIpc) is 3.35. The van der Waals surface area contributed by atoms with Gasteiger partial charge >= 0.3 is 19.8 Å². The minimum Gasteiger partial charge on any atom is -0.462 e. The summed E-state index contributed by atoms with van der Waals surface area (Å²) in [5, 5.41) is 0. The Bertz CT molecular complexity index is 1200. The zero-order valence-corrected chi connectivity index (χ0v) is 50.6. The molecule has 2 atom stereocenters. The Morgan fingerprint density at radius 1 is 0.370 bits per heavy atom. The molecule has 2 unspecified atom stereocenters. The van der Waals surface area contributed by atoms with Gasteiger partial charge in [-0.25, -0.2) is 4.57 Å². The summed E-state index contributed by atoms with van der Waals surface area (Å²) in [6.45, 7) is 4.48. The summed E-state index contributed by atoms with van der Waals surface area (Å²) in [6.07, 6.45) is 65.2. The van der Waals surface area contributed by atoms with Crippen molar-refractivity contribution in [3.63, 3.8) is 0 Å². The smallest absolute Gasteiger partial charge is 0.462 e. The van der Waals surface area contributed by atoms with Gasteiger partial charge in [0.1, 0.15) is 19.8 Å². The van der Waals surface area contributed by atoms with Gasteiger partial charge in [0.05, 0.1) is 27.7 Å². The Morgan fingerprint density at radius 3 is 0.877 bits per heavy atom. The van der Waals surface area contributed by atoms with Crippen LogP contribution in [0.25, 0.3) is 0 Å². The molecule has 0 amide bonds. The lowest BCUT2D eigenvalue weighted by Crippen LogP contribution is -2.37. The van der Waals surface area contributed by atoms with Crippen molar-refractivity contribution >= 4 is 19.8 Å². The molecule has 0 aliphatic rings. The Morgan fingerprint density at radius 2 is 0.616 bits per heavy atom. The highest BCUT2D eigenvalue weighted by Gasteiger charge is 2.27. The quantitative estimate of drug-likeness (QED) is 0.0278. The summed E-state index contributed by atoms with van der Waals surface area (Å²) < 4.78 is 34.5. The molecule has 0 spiro atoms. The fraction of sp³-hybridized carbons (Fsp3) is 0.968. The predicted octanol–water partition coefficient (Wildman–Crippen LogP) is 20.2. The van der Waals surface area contributed by atoms with E-state index in [1.807, 2.05) is 21.1 Å². The predicted molar refractivity (Wildman–Crippen MR) is 312 cm³/mol. The van der Waals surface area contributed by atoms with Crippen LogP contribution in [0.4, 0.5) is 0 Å². The van der Waals surface area contributed by atoms with Gasteiger partial charge in [-0.2, -0.15) is 0 Å². The minimum absolute atomic E-state index is 0.0372. The monoisotopic (exact) mass is 1060 g/mol. The number of phosphoric acid groups is 1. The van der Waals surface area contributed by atoms with Gasteiger partial charge in [-0.1, -0.05) is 316 Å². The molecule has 0 rings (SSSR count). The van der Waals surface area contributed by atoms with Crippen LogP contribution >= 0.6 is 7.82 Å². The Hall–Kier alpha value is -0.990.